The molecule has 2 saturated heterocycles. The average molecular weight is 292 g/mol. The molecule has 0 spiro atoms. The lowest BCUT2D eigenvalue weighted by Gasteiger charge is -2.36. The van der Waals surface area contributed by atoms with Gasteiger partial charge in [0, 0.05) is 25.0 Å². The number of nitrogens with one attached hydrogen (secondary N) is 1. The molecule has 2 aliphatic heterocycles. The van der Waals surface area contributed by atoms with E-state index in [1.54, 1.807) is 18.2 Å². The van der Waals surface area contributed by atoms with E-state index in [9.17, 15) is 14.0 Å². The summed E-state index contributed by atoms with van der Waals surface area (Å²) in [6.07, 6.45) is 0.518. The Labute approximate surface area is 121 Å². The predicted octanol–water partition coefficient (Wildman–Crippen LogP) is 0.957. The van der Waals surface area contributed by atoms with E-state index in [1.165, 1.54) is 6.07 Å². The first-order valence-electron chi connectivity index (χ1n) is 7.06. The van der Waals surface area contributed by atoms with Crippen molar-refractivity contribution in [3.8, 4) is 0 Å². The van der Waals surface area contributed by atoms with Crippen LogP contribution in [0.25, 0.3) is 0 Å². The van der Waals surface area contributed by atoms with Gasteiger partial charge in [0.2, 0.25) is 5.91 Å². The van der Waals surface area contributed by atoms with Crippen LogP contribution >= 0.6 is 0 Å². The van der Waals surface area contributed by atoms with Crippen LogP contribution in [0.2, 0.25) is 0 Å². The van der Waals surface area contributed by atoms with Crippen molar-refractivity contribution in [2.24, 2.45) is 0 Å². The first-order valence-corrected chi connectivity index (χ1v) is 7.06. The largest absolute Gasteiger partial charge is 0.481 e. The van der Waals surface area contributed by atoms with E-state index in [-0.39, 0.29) is 36.1 Å². The second kappa shape index (κ2) is 5.44. The summed E-state index contributed by atoms with van der Waals surface area (Å²) in [6.45, 7) is 0.864. The van der Waals surface area contributed by atoms with E-state index >= 15 is 0 Å². The molecule has 0 bridgehead atoms. The Bertz CT molecular complexity index is 578. The first-order chi connectivity index (χ1) is 10.1. The number of aliphatic carboxylic acids is 1. The van der Waals surface area contributed by atoms with E-state index < -0.39 is 5.97 Å². The van der Waals surface area contributed by atoms with Gasteiger partial charge in [0.25, 0.3) is 0 Å². The quantitative estimate of drug-likeness (QED) is 0.870. The Morgan fingerprint density at radius 1 is 1.43 bits per heavy atom. The van der Waals surface area contributed by atoms with Crippen molar-refractivity contribution in [2.75, 3.05) is 13.1 Å². The Morgan fingerprint density at radius 2 is 2.19 bits per heavy atom. The molecule has 2 aliphatic rings. The molecule has 3 unspecified atom stereocenters. The standard InChI is InChI=1S/C15H17FN2O3/c16-12-4-2-1-3-11(12)9-5-13-15(21)17-7-10(6-14(19)20)18(13)8-9/h1-4,9-10,13H,5-8H2,(H,17,21)(H,19,20). The molecule has 5 nitrogen and oxygen atoms in total. The van der Waals surface area contributed by atoms with Gasteiger partial charge in [-0.1, -0.05) is 18.2 Å². The number of carboxylic acid groups (broad SMARTS) is 1. The molecule has 0 aliphatic carbocycles. The van der Waals surface area contributed by atoms with E-state index in [0.717, 1.165) is 0 Å². The maximum absolute atomic E-state index is 13.9. The van der Waals surface area contributed by atoms with Gasteiger partial charge in [-0.3, -0.25) is 14.5 Å². The molecule has 2 heterocycles. The van der Waals surface area contributed by atoms with Gasteiger partial charge in [0.15, 0.2) is 0 Å². The Kier molecular flexibility index (Phi) is 3.63. The molecule has 3 rings (SSSR count). The molecule has 6 heteroatoms. The van der Waals surface area contributed by atoms with Gasteiger partial charge in [0.1, 0.15) is 5.82 Å². The second-order valence-electron chi connectivity index (χ2n) is 5.66. The minimum atomic E-state index is -0.885. The Balaban J connectivity index is 1.83. The summed E-state index contributed by atoms with van der Waals surface area (Å²) < 4.78 is 13.9. The smallest absolute Gasteiger partial charge is 0.305 e. The van der Waals surface area contributed by atoms with Crippen LogP contribution in [0.15, 0.2) is 24.3 Å². The lowest BCUT2D eigenvalue weighted by molar-refractivity contribution is -0.141. The topological polar surface area (TPSA) is 69.6 Å². The van der Waals surface area contributed by atoms with E-state index in [0.29, 0.717) is 25.1 Å². The molecule has 112 valence electrons. The van der Waals surface area contributed by atoms with Crippen molar-refractivity contribution >= 4 is 11.9 Å². The number of carboxylic acids is 1. The minimum Gasteiger partial charge on any atom is -0.481 e. The third-order valence-electron chi connectivity index (χ3n) is 4.38. The van der Waals surface area contributed by atoms with E-state index in [2.05, 4.69) is 5.32 Å². The normalized spacial score (nSPS) is 29.0. The molecular weight excluding hydrogens is 275 g/mol. The number of rotatable bonds is 3. The second-order valence-corrected chi connectivity index (χ2v) is 5.66. The van der Waals surface area contributed by atoms with Crippen molar-refractivity contribution in [1.29, 1.82) is 0 Å². The third kappa shape index (κ3) is 2.63. The number of amides is 1. The lowest BCUT2D eigenvalue weighted by atomic mass is 9.95. The van der Waals surface area contributed by atoms with E-state index in [1.807, 2.05) is 4.90 Å². The van der Waals surface area contributed by atoms with Gasteiger partial charge in [-0.05, 0) is 18.1 Å². The maximum Gasteiger partial charge on any atom is 0.305 e. The fourth-order valence-electron chi connectivity index (χ4n) is 3.40. The van der Waals surface area contributed by atoms with Gasteiger partial charge in [0.05, 0.1) is 12.5 Å². The highest BCUT2D eigenvalue weighted by Gasteiger charge is 2.44. The van der Waals surface area contributed by atoms with Crippen molar-refractivity contribution in [3.63, 3.8) is 0 Å². The molecule has 1 aromatic carbocycles. The van der Waals surface area contributed by atoms with Crippen LogP contribution in [0.4, 0.5) is 4.39 Å². The molecule has 0 radical (unpaired) electrons. The number of fused-ring (bicyclic) bond motifs is 1. The molecule has 0 aromatic heterocycles. The molecule has 21 heavy (non-hydrogen) atoms. The minimum absolute atomic E-state index is 0.0131. The van der Waals surface area contributed by atoms with Gasteiger partial charge < -0.3 is 10.4 Å². The summed E-state index contributed by atoms with van der Waals surface area (Å²) in [6, 6.07) is 6.00. The highest BCUT2D eigenvalue weighted by Crippen LogP contribution is 2.36. The number of piperazine rings is 1. The fraction of sp³-hybridized carbons (Fsp3) is 0.467. The number of nitrogens with zero attached hydrogens (tertiary/aromatic N) is 1. The van der Waals surface area contributed by atoms with Crippen LogP contribution in [0.5, 0.6) is 0 Å². The van der Waals surface area contributed by atoms with Crippen LogP contribution in [0.3, 0.4) is 0 Å². The van der Waals surface area contributed by atoms with Crippen LogP contribution in [0.1, 0.15) is 24.3 Å². The maximum atomic E-state index is 13.9. The van der Waals surface area contributed by atoms with Crippen LogP contribution in [-0.4, -0.2) is 47.1 Å². The summed E-state index contributed by atoms with van der Waals surface area (Å²) in [7, 11) is 0. The number of benzene rings is 1. The number of carbonyl (C=O) groups is 2. The zero-order valence-corrected chi connectivity index (χ0v) is 11.5. The Hall–Kier alpha value is -1.95. The zero-order chi connectivity index (χ0) is 15.0. The zero-order valence-electron chi connectivity index (χ0n) is 11.5. The van der Waals surface area contributed by atoms with Crippen molar-refractivity contribution < 1.29 is 19.1 Å². The number of carbonyl (C=O) groups excluding carboxylic acids is 1. The third-order valence-corrected chi connectivity index (χ3v) is 4.38. The van der Waals surface area contributed by atoms with Crippen molar-refractivity contribution in [3.05, 3.63) is 35.6 Å². The van der Waals surface area contributed by atoms with Gasteiger partial charge in [-0.2, -0.15) is 0 Å². The van der Waals surface area contributed by atoms with Crippen molar-refractivity contribution in [1.82, 2.24) is 10.2 Å². The summed E-state index contributed by atoms with van der Waals surface area (Å²) in [5.41, 5.74) is 0.605. The number of halogens is 1. The van der Waals surface area contributed by atoms with Gasteiger partial charge in [-0.15, -0.1) is 0 Å². The summed E-state index contributed by atoms with van der Waals surface area (Å²) in [5.74, 6) is -1.31. The van der Waals surface area contributed by atoms with Crippen LogP contribution in [0, 0.1) is 5.82 Å². The van der Waals surface area contributed by atoms with Crippen LogP contribution in [-0.2, 0) is 9.59 Å². The van der Waals surface area contributed by atoms with E-state index in [4.69, 9.17) is 5.11 Å². The highest BCUT2D eigenvalue weighted by atomic mass is 19.1. The molecule has 2 fully saturated rings. The van der Waals surface area contributed by atoms with Crippen molar-refractivity contribution in [2.45, 2.75) is 30.8 Å². The molecule has 3 atom stereocenters. The Morgan fingerprint density at radius 3 is 2.90 bits per heavy atom. The SMILES string of the molecule is O=C(O)CC1CNC(=O)C2CC(c3ccccc3F)CN12. The summed E-state index contributed by atoms with van der Waals surface area (Å²) in [5, 5.41) is 11.7. The molecule has 1 amide bonds. The van der Waals surface area contributed by atoms with Crippen LogP contribution < -0.4 is 5.32 Å². The lowest BCUT2D eigenvalue weighted by Crippen LogP contribution is -2.58. The molecular formula is C15H17FN2O3. The summed E-state index contributed by atoms with van der Waals surface area (Å²) >= 11 is 0. The average Bonchev–Trinajstić information content (AvgIpc) is 2.88. The molecule has 2 N–H and O–H groups in total. The molecule has 1 aromatic rings. The predicted molar refractivity (Wildman–Crippen MR) is 73.3 cm³/mol. The number of hydrogen-bond acceptors (Lipinski definition) is 3. The van der Waals surface area contributed by atoms with Gasteiger partial charge >= 0.3 is 5.97 Å². The monoisotopic (exact) mass is 292 g/mol. The highest BCUT2D eigenvalue weighted by molar-refractivity contribution is 5.83. The summed E-state index contributed by atoms with van der Waals surface area (Å²) in [4.78, 5) is 24.8. The molecule has 0 saturated carbocycles. The first kappa shape index (κ1) is 14.0. The number of hydrogen-bond donors (Lipinski definition) is 2. The van der Waals surface area contributed by atoms with Gasteiger partial charge in [-0.25, -0.2) is 4.39 Å². The fourth-order valence-corrected chi connectivity index (χ4v) is 3.40.